The third kappa shape index (κ3) is 2.71. The molecule has 1 saturated carbocycles. The summed E-state index contributed by atoms with van der Waals surface area (Å²) >= 11 is 3.48. The number of alkyl halides is 1. The number of nitrogens with zero attached hydrogens (tertiary/aromatic N) is 1. The maximum atomic E-state index is 13.5. The summed E-state index contributed by atoms with van der Waals surface area (Å²) in [5.74, 6) is -2.08. The van der Waals surface area contributed by atoms with Gasteiger partial charge in [-0.15, -0.1) is 0 Å². The van der Waals surface area contributed by atoms with Crippen molar-refractivity contribution in [2.75, 3.05) is 13.6 Å². The molecule has 1 aromatic rings. The van der Waals surface area contributed by atoms with Crippen LogP contribution in [0, 0.1) is 17.6 Å². The molecule has 1 aliphatic rings. The molecule has 0 spiro atoms. The highest BCUT2D eigenvalue weighted by Gasteiger charge is 2.29. The van der Waals surface area contributed by atoms with Crippen LogP contribution in [-0.2, 0) is 0 Å². The molecule has 0 radical (unpaired) electrons. The van der Waals surface area contributed by atoms with Crippen LogP contribution in [0.4, 0.5) is 8.78 Å². The van der Waals surface area contributed by atoms with Crippen LogP contribution in [0.5, 0.6) is 0 Å². The Bertz CT molecular complexity index is 460. The fourth-order valence-electron chi connectivity index (χ4n) is 2.15. The lowest BCUT2D eigenvalue weighted by Gasteiger charge is -2.34. The van der Waals surface area contributed by atoms with Crippen molar-refractivity contribution in [3.63, 3.8) is 0 Å². The number of carbonyl (C=O) groups excluding carboxylic acids is 1. The minimum absolute atomic E-state index is 0.202. The first-order chi connectivity index (χ1) is 8.49. The molecule has 0 aliphatic heterocycles. The first kappa shape index (κ1) is 13.5. The van der Waals surface area contributed by atoms with E-state index in [0.717, 1.165) is 18.9 Å². The number of hydrogen-bond donors (Lipinski definition) is 0. The fraction of sp³-hybridized carbons (Fsp3) is 0.462. The maximum Gasteiger partial charge on any atom is 0.256 e. The quantitative estimate of drug-likeness (QED) is 0.784. The lowest BCUT2D eigenvalue weighted by atomic mass is 9.85. The summed E-state index contributed by atoms with van der Waals surface area (Å²) in [6.07, 6.45) is 2.03. The van der Waals surface area contributed by atoms with Gasteiger partial charge >= 0.3 is 0 Å². The molecule has 0 saturated heterocycles. The van der Waals surface area contributed by atoms with Crippen molar-refractivity contribution in [2.24, 2.45) is 5.92 Å². The van der Waals surface area contributed by atoms with Gasteiger partial charge in [-0.25, -0.2) is 8.78 Å². The van der Waals surface area contributed by atoms with Gasteiger partial charge < -0.3 is 4.90 Å². The molecule has 0 aromatic heterocycles. The summed E-state index contributed by atoms with van der Waals surface area (Å²) in [5, 5.41) is 0. The number of hydrogen-bond acceptors (Lipinski definition) is 1. The van der Waals surface area contributed by atoms with E-state index in [-0.39, 0.29) is 5.56 Å². The summed E-state index contributed by atoms with van der Waals surface area (Å²) in [5.41, 5.74) is -0.202. The van der Waals surface area contributed by atoms with Gasteiger partial charge in [-0.3, -0.25) is 4.79 Å². The van der Waals surface area contributed by atoms with Crippen molar-refractivity contribution in [3.8, 4) is 0 Å². The zero-order valence-electron chi connectivity index (χ0n) is 10.00. The predicted octanol–water partition coefficient (Wildman–Crippen LogP) is 3.21. The number of amides is 1. The lowest BCUT2D eigenvalue weighted by molar-refractivity contribution is 0.0743. The maximum absolute atomic E-state index is 13.5. The van der Waals surface area contributed by atoms with Gasteiger partial charge in [-0.2, -0.15) is 0 Å². The Morgan fingerprint density at radius 2 is 2.11 bits per heavy atom. The van der Waals surface area contributed by atoms with Crippen LogP contribution in [0.25, 0.3) is 0 Å². The standard InChI is InChI=1S/C13H14BrF2NO/c1-17(7-8-5-9(14)6-8)13(18)10-3-2-4-11(15)12(10)16/h2-4,8-9H,5-7H2,1H3. The Kier molecular flexibility index (Phi) is 4.00. The zero-order valence-corrected chi connectivity index (χ0v) is 11.6. The third-order valence-corrected chi connectivity index (χ3v) is 3.99. The topological polar surface area (TPSA) is 20.3 Å². The highest BCUT2D eigenvalue weighted by Crippen LogP contribution is 2.33. The third-order valence-electron chi connectivity index (χ3n) is 3.24. The van der Waals surface area contributed by atoms with Gasteiger partial charge in [0.25, 0.3) is 5.91 Å². The molecular weight excluding hydrogens is 304 g/mol. The molecule has 0 atom stereocenters. The Morgan fingerprint density at radius 1 is 1.44 bits per heavy atom. The van der Waals surface area contributed by atoms with Crippen molar-refractivity contribution in [2.45, 2.75) is 17.7 Å². The van der Waals surface area contributed by atoms with Crippen molar-refractivity contribution < 1.29 is 13.6 Å². The molecule has 18 heavy (non-hydrogen) atoms. The van der Waals surface area contributed by atoms with Crippen LogP contribution in [0.3, 0.4) is 0 Å². The molecule has 0 N–H and O–H groups in total. The second-order valence-corrected chi connectivity index (χ2v) is 6.02. The first-order valence-electron chi connectivity index (χ1n) is 5.82. The molecule has 5 heteroatoms. The summed E-state index contributed by atoms with van der Waals surface area (Å²) in [4.78, 5) is 14.0. The van der Waals surface area contributed by atoms with Crippen molar-refractivity contribution >= 4 is 21.8 Å². The average molecular weight is 318 g/mol. The van der Waals surface area contributed by atoms with Crippen LogP contribution in [0.15, 0.2) is 18.2 Å². The van der Waals surface area contributed by atoms with E-state index in [2.05, 4.69) is 15.9 Å². The van der Waals surface area contributed by atoms with Crippen molar-refractivity contribution in [1.29, 1.82) is 0 Å². The molecule has 1 amide bonds. The summed E-state index contributed by atoms with van der Waals surface area (Å²) < 4.78 is 26.5. The SMILES string of the molecule is CN(CC1CC(Br)C1)C(=O)c1cccc(F)c1F. The van der Waals surface area contributed by atoms with E-state index in [9.17, 15) is 13.6 Å². The van der Waals surface area contributed by atoms with Crippen LogP contribution in [-0.4, -0.2) is 29.2 Å². The lowest BCUT2D eigenvalue weighted by Crippen LogP contribution is -2.38. The van der Waals surface area contributed by atoms with Crippen molar-refractivity contribution in [3.05, 3.63) is 35.4 Å². The molecule has 1 aliphatic carbocycles. The second kappa shape index (κ2) is 5.34. The van der Waals surface area contributed by atoms with Crippen LogP contribution >= 0.6 is 15.9 Å². The molecule has 98 valence electrons. The van der Waals surface area contributed by atoms with E-state index in [4.69, 9.17) is 0 Å². The minimum atomic E-state index is -1.07. The fourth-order valence-corrected chi connectivity index (χ4v) is 3.21. The van der Waals surface area contributed by atoms with E-state index in [1.54, 1.807) is 7.05 Å². The van der Waals surface area contributed by atoms with Gasteiger partial charge in [0.15, 0.2) is 11.6 Å². The summed E-state index contributed by atoms with van der Waals surface area (Å²) in [6.45, 7) is 0.580. The molecule has 0 heterocycles. The monoisotopic (exact) mass is 317 g/mol. The predicted molar refractivity (Wildman–Crippen MR) is 68.8 cm³/mol. The van der Waals surface area contributed by atoms with Gasteiger partial charge in [-0.1, -0.05) is 22.0 Å². The van der Waals surface area contributed by atoms with Crippen molar-refractivity contribution in [1.82, 2.24) is 4.90 Å². The van der Waals surface area contributed by atoms with E-state index in [0.29, 0.717) is 17.3 Å². The van der Waals surface area contributed by atoms with Crippen LogP contribution < -0.4 is 0 Å². The van der Waals surface area contributed by atoms with E-state index in [1.807, 2.05) is 0 Å². The van der Waals surface area contributed by atoms with Gasteiger partial charge in [0.2, 0.25) is 0 Å². The van der Waals surface area contributed by atoms with Gasteiger partial charge in [-0.05, 0) is 30.9 Å². The van der Waals surface area contributed by atoms with Crippen LogP contribution in [0.1, 0.15) is 23.2 Å². The van der Waals surface area contributed by atoms with Gasteiger partial charge in [0, 0.05) is 18.4 Å². The largest absolute Gasteiger partial charge is 0.341 e. The molecule has 1 fully saturated rings. The Hall–Kier alpha value is -0.970. The summed E-state index contributed by atoms with van der Waals surface area (Å²) in [7, 11) is 1.62. The minimum Gasteiger partial charge on any atom is -0.341 e. The number of halogens is 3. The highest BCUT2D eigenvalue weighted by molar-refractivity contribution is 9.09. The van der Waals surface area contributed by atoms with E-state index in [1.165, 1.54) is 17.0 Å². The molecule has 2 nitrogen and oxygen atoms in total. The molecule has 0 unspecified atom stereocenters. The molecule has 0 bridgehead atoms. The van der Waals surface area contributed by atoms with Gasteiger partial charge in [0.1, 0.15) is 0 Å². The number of benzene rings is 1. The highest BCUT2D eigenvalue weighted by atomic mass is 79.9. The van der Waals surface area contributed by atoms with Gasteiger partial charge in [0.05, 0.1) is 5.56 Å². The molecular formula is C13H14BrF2NO. The molecule has 2 rings (SSSR count). The number of rotatable bonds is 3. The van der Waals surface area contributed by atoms with E-state index < -0.39 is 17.5 Å². The Balaban J connectivity index is 2.04. The Labute approximate surface area is 113 Å². The average Bonchev–Trinajstić information content (AvgIpc) is 2.30. The zero-order chi connectivity index (χ0) is 13.3. The normalized spacial score (nSPS) is 22.4. The Morgan fingerprint density at radius 3 is 2.72 bits per heavy atom. The van der Waals surface area contributed by atoms with Crippen LogP contribution in [0.2, 0.25) is 0 Å². The summed E-state index contributed by atoms with van der Waals surface area (Å²) in [6, 6.07) is 3.66. The molecule has 1 aromatic carbocycles. The smallest absolute Gasteiger partial charge is 0.256 e. The van der Waals surface area contributed by atoms with E-state index >= 15 is 0 Å². The first-order valence-corrected chi connectivity index (χ1v) is 6.74. The second-order valence-electron chi connectivity index (χ2n) is 4.72. The number of carbonyl (C=O) groups is 1.